The molecule has 0 saturated heterocycles. The van der Waals surface area contributed by atoms with Crippen LogP contribution in [0.15, 0.2) is 39.4 Å². The highest BCUT2D eigenvalue weighted by molar-refractivity contribution is 5.84. The number of rotatable bonds is 3. The molecular weight excluding hydrogens is 196 g/mol. The smallest absolute Gasteiger partial charge is 0.371 e. The van der Waals surface area contributed by atoms with Crippen molar-refractivity contribution >= 4 is 18.1 Å². The molecule has 0 bridgehead atoms. The summed E-state index contributed by atoms with van der Waals surface area (Å²) in [6.07, 6.45) is 4.90. The first-order chi connectivity index (χ1) is 7.25. The van der Waals surface area contributed by atoms with Gasteiger partial charge in [0.05, 0.1) is 6.26 Å². The Morgan fingerprint density at radius 2 is 2.00 bits per heavy atom. The van der Waals surface area contributed by atoms with Crippen LogP contribution in [0.25, 0.3) is 12.2 Å². The van der Waals surface area contributed by atoms with E-state index < -0.39 is 5.97 Å². The van der Waals surface area contributed by atoms with Gasteiger partial charge in [-0.05, 0) is 36.4 Å². The Hall–Kier alpha value is -2.23. The molecule has 0 aliphatic heterocycles. The van der Waals surface area contributed by atoms with Crippen LogP contribution in [0.1, 0.15) is 22.1 Å². The summed E-state index contributed by atoms with van der Waals surface area (Å²) in [5.74, 6) is 0.00817. The minimum atomic E-state index is -1.08. The van der Waals surface area contributed by atoms with Gasteiger partial charge in [-0.25, -0.2) is 4.79 Å². The molecule has 2 rings (SSSR count). The zero-order chi connectivity index (χ0) is 10.7. The maximum Gasteiger partial charge on any atom is 0.371 e. The topological polar surface area (TPSA) is 63.6 Å². The molecule has 2 aromatic rings. The standard InChI is InChI=1S/C11H8O4/c12-11(13)10-6-5-9(15-10)4-3-8-2-1-7-14-8/h1-7H,(H,12,13). The maximum atomic E-state index is 10.5. The average molecular weight is 204 g/mol. The number of hydrogen-bond donors (Lipinski definition) is 1. The summed E-state index contributed by atoms with van der Waals surface area (Å²) >= 11 is 0. The second-order valence-corrected chi connectivity index (χ2v) is 2.86. The molecule has 2 heterocycles. The Morgan fingerprint density at radius 3 is 2.60 bits per heavy atom. The molecule has 0 fully saturated rings. The Balaban J connectivity index is 2.14. The Labute approximate surface area is 85.4 Å². The van der Waals surface area contributed by atoms with Crippen LogP contribution in [0.4, 0.5) is 0 Å². The van der Waals surface area contributed by atoms with E-state index in [0.29, 0.717) is 11.5 Å². The minimum Gasteiger partial charge on any atom is -0.475 e. The van der Waals surface area contributed by atoms with Gasteiger partial charge in [0.25, 0.3) is 0 Å². The van der Waals surface area contributed by atoms with Crippen molar-refractivity contribution in [1.29, 1.82) is 0 Å². The lowest BCUT2D eigenvalue weighted by atomic mass is 10.3. The van der Waals surface area contributed by atoms with E-state index in [1.807, 2.05) is 0 Å². The predicted molar refractivity (Wildman–Crippen MR) is 53.3 cm³/mol. The maximum absolute atomic E-state index is 10.5. The summed E-state index contributed by atoms with van der Waals surface area (Å²) in [5.41, 5.74) is 0. The third kappa shape index (κ3) is 2.17. The van der Waals surface area contributed by atoms with Crippen LogP contribution >= 0.6 is 0 Å². The van der Waals surface area contributed by atoms with Crippen molar-refractivity contribution in [2.75, 3.05) is 0 Å². The van der Waals surface area contributed by atoms with E-state index in [9.17, 15) is 4.79 Å². The molecule has 2 aromatic heterocycles. The van der Waals surface area contributed by atoms with Crippen LogP contribution < -0.4 is 0 Å². The van der Waals surface area contributed by atoms with Crippen molar-refractivity contribution in [1.82, 2.24) is 0 Å². The van der Waals surface area contributed by atoms with Crippen LogP contribution in [-0.4, -0.2) is 11.1 Å². The molecule has 76 valence electrons. The highest BCUT2D eigenvalue weighted by Gasteiger charge is 2.06. The van der Waals surface area contributed by atoms with Gasteiger partial charge in [0, 0.05) is 0 Å². The number of furan rings is 2. The third-order valence-electron chi connectivity index (χ3n) is 1.79. The van der Waals surface area contributed by atoms with Gasteiger partial charge in [0.1, 0.15) is 11.5 Å². The van der Waals surface area contributed by atoms with Crippen LogP contribution in [0.2, 0.25) is 0 Å². The molecule has 0 atom stereocenters. The van der Waals surface area contributed by atoms with Gasteiger partial charge in [0.2, 0.25) is 5.76 Å². The highest BCUT2D eigenvalue weighted by atomic mass is 16.4. The molecule has 15 heavy (non-hydrogen) atoms. The molecule has 0 aliphatic carbocycles. The van der Waals surface area contributed by atoms with Crippen molar-refractivity contribution in [3.8, 4) is 0 Å². The normalized spacial score (nSPS) is 10.9. The zero-order valence-corrected chi connectivity index (χ0v) is 7.71. The molecule has 4 heteroatoms. The van der Waals surface area contributed by atoms with Gasteiger partial charge in [-0.2, -0.15) is 0 Å². The van der Waals surface area contributed by atoms with Gasteiger partial charge < -0.3 is 13.9 Å². The van der Waals surface area contributed by atoms with E-state index in [0.717, 1.165) is 0 Å². The molecule has 4 nitrogen and oxygen atoms in total. The Bertz CT molecular complexity index is 476. The van der Waals surface area contributed by atoms with Gasteiger partial charge in [-0.1, -0.05) is 0 Å². The Morgan fingerprint density at radius 1 is 1.20 bits per heavy atom. The molecule has 0 amide bonds. The van der Waals surface area contributed by atoms with Gasteiger partial charge in [-0.3, -0.25) is 0 Å². The molecule has 0 spiro atoms. The lowest BCUT2D eigenvalue weighted by Gasteiger charge is -1.86. The lowest BCUT2D eigenvalue weighted by molar-refractivity contribution is 0.0662. The SMILES string of the molecule is O=C(O)c1ccc(C=Cc2ccco2)o1. The first kappa shape index (κ1) is 9.33. The van der Waals surface area contributed by atoms with Crippen molar-refractivity contribution in [2.24, 2.45) is 0 Å². The molecule has 0 aliphatic rings. The van der Waals surface area contributed by atoms with E-state index in [2.05, 4.69) is 0 Å². The van der Waals surface area contributed by atoms with Crippen LogP contribution in [0, 0.1) is 0 Å². The highest BCUT2D eigenvalue weighted by Crippen LogP contribution is 2.12. The third-order valence-corrected chi connectivity index (χ3v) is 1.79. The van der Waals surface area contributed by atoms with E-state index >= 15 is 0 Å². The Kier molecular flexibility index (Phi) is 2.41. The second kappa shape index (κ2) is 3.88. The first-order valence-electron chi connectivity index (χ1n) is 4.30. The summed E-state index contributed by atoms with van der Waals surface area (Å²) in [6, 6.07) is 6.55. The predicted octanol–water partition coefficient (Wildman–Crippen LogP) is 2.74. The monoisotopic (exact) mass is 204 g/mol. The van der Waals surface area contributed by atoms with Gasteiger partial charge >= 0.3 is 5.97 Å². The fraction of sp³-hybridized carbons (Fsp3) is 0. The summed E-state index contributed by atoms with van der Waals surface area (Å²) in [5, 5.41) is 8.61. The fourth-order valence-corrected chi connectivity index (χ4v) is 1.11. The number of carboxylic acids is 1. The van der Waals surface area contributed by atoms with Crippen LogP contribution in [-0.2, 0) is 0 Å². The van der Waals surface area contributed by atoms with Crippen molar-refractivity contribution in [3.63, 3.8) is 0 Å². The van der Waals surface area contributed by atoms with E-state index in [-0.39, 0.29) is 5.76 Å². The van der Waals surface area contributed by atoms with Crippen molar-refractivity contribution in [2.45, 2.75) is 0 Å². The second-order valence-electron chi connectivity index (χ2n) is 2.86. The average Bonchev–Trinajstić information content (AvgIpc) is 2.86. The fourth-order valence-electron chi connectivity index (χ4n) is 1.11. The van der Waals surface area contributed by atoms with E-state index in [4.69, 9.17) is 13.9 Å². The van der Waals surface area contributed by atoms with Crippen molar-refractivity contribution in [3.05, 3.63) is 47.8 Å². The van der Waals surface area contributed by atoms with Crippen LogP contribution in [0.3, 0.4) is 0 Å². The van der Waals surface area contributed by atoms with Crippen LogP contribution in [0.5, 0.6) is 0 Å². The zero-order valence-electron chi connectivity index (χ0n) is 7.71. The van der Waals surface area contributed by atoms with Gasteiger partial charge in [-0.15, -0.1) is 0 Å². The number of aromatic carboxylic acids is 1. The molecule has 0 aromatic carbocycles. The largest absolute Gasteiger partial charge is 0.475 e. The number of carbonyl (C=O) groups is 1. The lowest BCUT2D eigenvalue weighted by Crippen LogP contribution is -1.91. The molecule has 0 radical (unpaired) electrons. The number of carboxylic acid groups (broad SMARTS) is 1. The molecule has 1 N–H and O–H groups in total. The summed E-state index contributed by atoms with van der Waals surface area (Å²) < 4.78 is 10.1. The minimum absolute atomic E-state index is 0.0749. The first-order valence-corrected chi connectivity index (χ1v) is 4.30. The summed E-state index contributed by atoms with van der Waals surface area (Å²) in [6.45, 7) is 0. The van der Waals surface area contributed by atoms with Gasteiger partial charge in [0.15, 0.2) is 0 Å². The van der Waals surface area contributed by atoms with E-state index in [1.54, 1.807) is 36.6 Å². The molecular formula is C11H8O4. The molecule has 0 unspecified atom stereocenters. The quantitative estimate of drug-likeness (QED) is 0.834. The number of hydrogen-bond acceptors (Lipinski definition) is 3. The summed E-state index contributed by atoms with van der Waals surface area (Å²) in [4.78, 5) is 10.5. The van der Waals surface area contributed by atoms with Crippen molar-refractivity contribution < 1.29 is 18.7 Å². The summed E-state index contributed by atoms with van der Waals surface area (Å²) in [7, 11) is 0. The molecule has 0 saturated carbocycles. The van der Waals surface area contributed by atoms with E-state index in [1.165, 1.54) is 6.07 Å².